The third-order valence-corrected chi connectivity index (χ3v) is 15.5. The zero-order valence-corrected chi connectivity index (χ0v) is 37.6. The van der Waals surface area contributed by atoms with E-state index in [4.69, 9.17) is 0 Å². The van der Waals surface area contributed by atoms with Gasteiger partial charge in [-0.2, -0.15) is 0 Å². The van der Waals surface area contributed by atoms with E-state index in [1.807, 2.05) is 0 Å². The van der Waals surface area contributed by atoms with Crippen molar-refractivity contribution in [1.82, 2.24) is 0 Å². The summed E-state index contributed by atoms with van der Waals surface area (Å²) < 4.78 is 0. The second kappa shape index (κ2) is 16.6. The Kier molecular flexibility index (Phi) is 11.5. The molecule has 0 heterocycles. The molecule has 0 amide bonds. The Balaban J connectivity index is 1.31. The second-order valence-corrected chi connectivity index (χ2v) is 18.0. The Morgan fingerprint density at radius 3 is 1.35 bits per heavy atom. The van der Waals surface area contributed by atoms with Gasteiger partial charge < -0.3 is 9.80 Å². The van der Waals surface area contributed by atoms with Crippen molar-refractivity contribution in [3.8, 4) is 11.1 Å². The molecule has 308 valence electrons. The quantitative estimate of drug-likeness (QED) is 0.102. The topological polar surface area (TPSA) is 6.48 Å². The number of para-hydroxylation sites is 4. The number of hydrogen-bond donors (Lipinski definition) is 0. The summed E-state index contributed by atoms with van der Waals surface area (Å²) in [4.78, 5) is 5.27. The molecule has 1 atom stereocenters. The zero-order chi connectivity index (χ0) is 42.1. The molecule has 0 fully saturated rings. The first-order chi connectivity index (χ1) is 29.2. The highest BCUT2D eigenvalue weighted by atomic mass is 15.2. The first-order valence-corrected chi connectivity index (χ1v) is 23.0. The highest BCUT2D eigenvalue weighted by Crippen LogP contribution is 2.62. The van der Waals surface area contributed by atoms with Crippen molar-refractivity contribution in [2.45, 2.75) is 123 Å². The van der Waals surface area contributed by atoms with E-state index >= 15 is 0 Å². The van der Waals surface area contributed by atoms with Gasteiger partial charge in [0.2, 0.25) is 0 Å². The summed E-state index contributed by atoms with van der Waals surface area (Å²) in [5.41, 5.74) is 16.2. The van der Waals surface area contributed by atoms with Crippen LogP contribution in [-0.4, -0.2) is 5.54 Å². The summed E-state index contributed by atoms with van der Waals surface area (Å²) in [5.74, 6) is 0. The maximum absolute atomic E-state index is 2.67. The Labute approximate surface area is 362 Å². The monoisotopic (exact) mass is 791 g/mol. The lowest BCUT2D eigenvalue weighted by Crippen LogP contribution is -2.47. The molecule has 0 aliphatic heterocycles. The van der Waals surface area contributed by atoms with Crippen LogP contribution >= 0.6 is 0 Å². The van der Waals surface area contributed by atoms with Crippen molar-refractivity contribution in [1.29, 1.82) is 0 Å². The van der Waals surface area contributed by atoms with Crippen LogP contribution in [0.15, 0.2) is 157 Å². The molecule has 6 aromatic rings. The van der Waals surface area contributed by atoms with Crippen LogP contribution in [0.4, 0.5) is 22.7 Å². The number of hydrogen-bond acceptors (Lipinski definition) is 2. The van der Waals surface area contributed by atoms with Crippen molar-refractivity contribution >= 4 is 28.8 Å². The van der Waals surface area contributed by atoms with Crippen molar-refractivity contribution in [3.05, 3.63) is 185 Å². The molecule has 8 rings (SSSR count). The molecule has 0 N–H and O–H groups in total. The Bertz CT molecular complexity index is 2340. The minimum Gasteiger partial charge on any atom is -0.332 e. The highest BCUT2D eigenvalue weighted by molar-refractivity contribution is 5.85. The van der Waals surface area contributed by atoms with Gasteiger partial charge in [0.1, 0.15) is 0 Å². The fourth-order valence-electron chi connectivity index (χ4n) is 11.8. The molecular formula is C58H66N2. The lowest BCUT2D eigenvalue weighted by Gasteiger charge is -2.48. The molecule has 2 nitrogen and oxygen atoms in total. The number of anilines is 4. The molecule has 0 radical (unpaired) electrons. The SMILES string of the molecule is CCC(CC)(C1=Cc2cc3c(cc2CC1)-c1ccc(C(CC)(CC)N(c2ccccc2)c2ccccc2)cc1C3(CC)C(C)(C)CC)N(c1ccccc1)c1ccccc1. The molecule has 2 aliphatic rings. The number of benzene rings is 6. The first-order valence-electron chi connectivity index (χ1n) is 23.0. The predicted octanol–water partition coefficient (Wildman–Crippen LogP) is 16.4. The number of rotatable bonds is 15. The number of nitrogens with zero attached hydrogens (tertiary/aromatic N) is 2. The number of aryl methyl sites for hydroxylation is 1. The highest BCUT2D eigenvalue weighted by Gasteiger charge is 2.52. The summed E-state index contributed by atoms with van der Waals surface area (Å²) >= 11 is 0. The van der Waals surface area contributed by atoms with E-state index in [1.54, 1.807) is 5.57 Å². The average Bonchev–Trinajstić information content (AvgIpc) is 3.59. The van der Waals surface area contributed by atoms with Crippen LogP contribution in [0.3, 0.4) is 0 Å². The first kappa shape index (κ1) is 41.4. The fraction of sp³-hybridized carbons (Fsp3) is 0.345. The normalized spacial score (nSPS) is 16.1. The molecule has 2 heteroatoms. The average molecular weight is 791 g/mol. The summed E-state index contributed by atoms with van der Waals surface area (Å²) in [5, 5.41) is 0. The molecule has 60 heavy (non-hydrogen) atoms. The van der Waals surface area contributed by atoms with E-state index < -0.39 is 0 Å². The third kappa shape index (κ3) is 6.45. The largest absolute Gasteiger partial charge is 0.332 e. The Morgan fingerprint density at radius 1 is 0.467 bits per heavy atom. The predicted molar refractivity (Wildman–Crippen MR) is 259 cm³/mol. The molecule has 0 spiro atoms. The Hall–Kier alpha value is -5.34. The summed E-state index contributed by atoms with van der Waals surface area (Å²) in [6, 6.07) is 57.2. The third-order valence-electron chi connectivity index (χ3n) is 15.5. The summed E-state index contributed by atoms with van der Waals surface area (Å²) in [7, 11) is 0. The van der Waals surface area contributed by atoms with Crippen LogP contribution in [0, 0.1) is 5.41 Å². The van der Waals surface area contributed by atoms with Crippen molar-refractivity contribution in [2.75, 3.05) is 9.80 Å². The van der Waals surface area contributed by atoms with E-state index in [1.165, 1.54) is 61.7 Å². The van der Waals surface area contributed by atoms with E-state index in [9.17, 15) is 0 Å². The lowest BCUT2D eigenvalue weighted by atomic mass is 9.57. The summed E-state index contributed by atoms with van der Waals surface area (Å²) in [6.07, 6.45) is 10.9. The van der Waals surface area contributed by atoms with Gasteiger partial charge in [0.05, 0.1) is 11.1 Å². The van der Waals surface area contributed by atoms with E-state index in [0.717, 1.165) is 51.4 Å². The van der Waals surface area contributed by atoms with Gasteiger partial charge in [-0.05, 0) is 156 Å². The lowest BCUT2D eigenvalue weighted by molar-refractivity contribution is 0.189. The van der Waals surface area contributed by atoms with Gasteiger partial charge in [0.15, 0.2) is 0 Å². The molecule has 0 aromatic heterocycles. The minimum absolute atomic E-state index is 0.0173. The van der Waals surface area contributed by atoms with Gasteiger partial charge in [-0.1, -0.05) is 159 Å². The van der Waals surface area contributed by atoms with Gasteiger partial charge in [-0.3, -0.25) is 0 Å². The maximum Gasteiger partial charge on any atom is 0.0697 e. The molecule has 2 aliphatic carbocycles. The van der Waals surface area contributed by atoms with E-state index in [2.05, 4.69) is 223 Å². The molecular weight excluding hydrogens is 725 g/mol. The smallest absolute Gasteiger partial charge is 0.0697 e. The van der Waals surface area contributed by atoms with Gasteiger partial charge in [0.25, 0.3) is 0 Å². The molecule has 6 aromatic carbocycles. The van der Waals surface area contributed by atoms with Gasteiger partial charge >= 0.3 is 0 Å². The molecule has 0 bridgehead atoms. The van der Waals surface area contributed by atoms with E-state index in [0.29, 0.717) is 0 Å². The van der Waals surface area contributed by atoms with Gasteiger partial charge in [-0.25, -0.2) is 0 Å². The van der Waals surface area contributed by atoms with Crippen molar-refractivity contribution < 1.29 is 0 Å². The fourth-order valence-corrected chi connectivity index (χ4v) is 11.8. The van der Waals surface area contributed by atoms with Crippen LogP contribution in [0.25, 0.3) is 17.2 Å². The van der Waals surface area contributed by atoms with Gasteiger partial charge in [0, 0.05) is 28.2 Å². The Morgan fingerprint density at radius 2 is 0.917 bits per heavy atom. The second-order valence-electron chi connectivity index (χ2n) is 18.0. The van der Waals surface area contributed by atoms with E-state index in [-0.39, 0.29) is 21.9 Å². The minimum atomic E-state index is -0.244. The molecule has 0 saturated heterocycles. The summed E-state index contributed by atoms with van der Waals surface area (Å²) in [6.45, 7) is 19.5. The standard InChI is InChI=1S/C58H66N2/c1-9-55(7,8)58(14-6)53-41-44-39-45(56(10-2,11-3)59(47-27-19-15-20-28-47)48-29-21-16-22-30-48)36-35-43(44)40-52(53)51-38-37-46(42-54(51)58)57(12-4,13-5)60(49-31-23-17-24-32-49)50-33-25-18-26-34-50/h15-34,37-42H,9-14,35-36H2,1-8H3. The van der Waals surface area contributed by atoms with Crippen LogP contribution in [0.2, 0.25) is 0 Å². The van der Waals surface area contributed by atoms with Crippen molar-refractivity contribution in [3.63, 3.8) is 0 Å². The maximum atomic E-state index is 2.67. The molecule has 1 unspecified atom stereocenters. The zero-order valence-electron chi connectivity index (χ0n) is 37.6. The van der Waals surface area contributed by atoms with Crippen LogP contribution in [-0.2, 0) is 17.4 Å². The number of fused-ring (bicyclic) bond motifs is 4. The van der Waals surface area contributed by atoms with Crippen LogP contribution in [0.5, 0.6) is 0 Å². The molecule has 0 saturated carbocycles. The van der Waals surface area contributed by atoms with Crippen LogP contribution in [0.1, 0.15) is 128 Å². The van der Waals surface area contributed by atoms with Crippen LogP contribution < -0.4 is 9.80 Å². The van der Waals surface area contributed by atoms with Crippen molar-refractivity contribution in [2.24, 2.45) is 5.41 Å². The van der Waals surface area contributed by atoms with Gasteiger partial charge in [-0.15, -0.1) is 0 Å².